The quantitative estimate of drug-likeness (QED) is 0.412. The molecular weight excluding hydrogens is 390 g/mol. The van der Waals surface area contributed by atoms with Crippen molar-refractivity contribution in [2.24, 2.45) is 17.8 Å². The van der Waals surface area contributed by atoms with E-state index in [-0.39, 0.29) is 24.0 Å². The summed E-state index contributed by atoms with van der Waals surface area (Å²) in [6.07, 6.45) is 7.04. The molecule has 0 bridgehead atoms. The van der Waals surface area contributed by atoms with Gasteiger partial charge in [0.2, 0.25) is 0 Å². The molecule has 1 amide bonds. The Kier molecular flexibility index (Phi) is 10.9. The monoisotopic (exact) mass is 431 g/mol. The molecule has 1 aromatic rings. The molecule has 0 radical (unpaired) electrons. The molecule has 1 fully saturated rings. The molecule has 0 heterocycles. The van der Waals surface area contributed by atoms with Crippen LogP contribution < -0.4 is 0 Å². The van der Waals surface area contributed by atoms with Crippen LogP contribution in [0.25, 0.3) is 0 Å². The van der Waals surface area contributed by atoms with E-state index in [0.29, 0.717) is 44.4 Å². The first-order chi connectivity index (χ1) is 14.9. The van der Waals surface area contributed by atoms with Gasteiger partial charge < -0.3 is 14.4 Å². The van der Waals surface area contributed by atoms with E-state index in [1.807, 2.05) is 50.8 Å². The highest BCUT2D eigenvalue weighted by atomic mass is 16.6. The normalized spacial score (nSPS) is 16.5. The molecule has 5 heteroatoms. The van der Waals surface area contributed by atoms with Crippen molar-refractivity contribution in [1.82, 2.24) is 4.90 Å². The summed E-state index contributed by atoms with van der Waals surface area (Å²) in [5, 5.41) is 0. The Morgan fingerprint density at radius 3 is 2.32 bits per heavy atom. The summed E-state index contributed by atoms with van der Waals surface area (Å²) in [4.78, 5) is 27.5. The summed E-state index contributed by atoms with van der Waals surface area (Å²) in [6, 6.07) is 10.1. The first-order valence-corrected chi connectivity index (χ1v) is 12.0. The lowest BCUT2D eigenvalue weighted by molar-refractivity contribution is -0.149. The Hall–Kier alpha value is -2.04. The van der Waals surface area contributed by atoms with Crippen LogP contribution in [0, 0.1) is 17.8 Å². The number of benzene rings is 1. The third-order valence-electron chi connectivity index (χ3n) is 6.02. The Morgan fingerprint density at radius 1 is 1.03 bits per heavy atom. The van der Waals surface area contributed by atoms with Gasteiger partial charge in [0.1, 0.15) is 0 Å². The van der Waals surface area contributed by atoms with Gasteiger partial charge in [-0.05, 0) is 50.0 Å². The molecule has 0 saturated heterocycles. The molecule has 2 unspecified atom stereocenters. The van der Waals surface area contributed by atoms with E-state index in [2.05, 4.69) is 12.1 Å². The minimum absolute atomic E-state index is 0.107. The molecule has 0 aliphatic heterocycles. The number of hydrogen-bond acceptors (Lipinski definition) is 4. The SMILES string of the molecule is CCOC(=O)N(CC1CCCCC1)C(Cc1ccccc1)CC(C)C(=O)OCC(C)C. The number of carbonyl (C=O) groups is 2. The molecule has 5 nitrogen and oxygen atoms in total. The molecule has 0 N–H and O–H groups in total. The van der Waals surface area contributed by atoms with Crippen molar-refractivity contribution in [2.75, 3.05) is 19.8 Å². The van der Waals surface area contributed by atoms with Gasteiger partial charge in [0.15, 0.2) is 0 Å². The highest BCUT2D eigenvalue weighted by Crippen LogP contribution is 2.27. The van der Waals surface area contributed by atoms with Crippen LogP contribution >= 0.6 is 0 Å². The van der Waals surface area contributed by atoms with Crippen LogP contribution in [0.15, 0.2) is 30.3 Å². The first kappa shape index (κ1) is 25.2. The molecule has 1 aliphatic rings. The Labute approximate surface area is 188 Å². The topological polar surface area (TPSA) is 55.8 Å². The lowest BCUT2D eigenvalue weighted by Crippen LogP contribution is -2.46. The smallest absolute Gasteiger partial charge is 0.410 e. The highest BCUT2D eigenvalue weighted by Gasteiger charge is 2.31. The van der Waals surface area contributed by atoms with Crippen molar-refractivity contribution >= 4 is 12.1 Å². The van der Waals surface area contributed by atoms with Gasteiger partial charge in [-0.15, -0.1) is 0 Å². The van der Waals surface area contributed by atoms with Crippen LogP contribution in [0.1, 0.15) is 71.8 Å². The van der Waals surface area contributed by atoms with Gasteiger partial charge in [-0.1, -0.05) is 70.4 Å². The molecule has 2 rings (SSSR count). The predicted molar refractivity (Wildman–Crippen MR) is 124 cm³/mol. The van der Waals surface area contributed by atoms with Gasteiger partial charge in [-0.25, -0.2) is 4.79 Å². The highest BCUT2D eigenvalue weighted by molar-refractivity contribution is 5.72. The fourth-order valence-electron chi connectivity index (χ4n) is 4.33. The van der Waals surface area contributed by atoms with Crippen LogP contribution in [0.4, 0.5) is 4.79 Å². The number of amides is 1. The van der Waals surface area contributed by atoms with Crippen molar-refractivity contribution in [2.45, 2.75) is 78.7 Å². The molecule has 2 atom stereocenters. The fourth-order valence-corrected chi connectivity index (χ4v) is 4.33. The maximum atomic E-state index is 13.0. The lowest BCUT2D eigenvalue weighted by Gasteiger charge is -2.36. The number of carbonyl (C=O) groups excluding carboxylic acids is 2. The number of ether oxygens (including phenoxy) is 2. The van der Waals surface area contributed by atoms with Gasteiger partial charge >= 0.3 is 12.1 Å². The van der Waals surface area contributed by atoms with Crippen molar-refractivity contribution in [3.8, 4) is 0 Å². The summed E-state index contributed by atoms with van der Waals surface area (Å²) < 4.78 is 10.9. The van der Waals surface area contributed by atoms with Gasteiger partial charge in [-0.3, -0.25) is 4.79 Å². The molecule has 1 aliphatic carbocycles. The number of nitrogens with zero attached hydrogens (tertiary/aromatic N) is 1. The third-order valence-corrected chi connectivity index (χ3v) is 6.02. The summed E-state index contributed by atoms with van der Waals surface area (Å²) in [6.45, 7) is 9.29. The summed E-state index contributed by atoms with van der Waals surface area (Å²) >= 11 is 0. The van der Waals surface area contributed by atoms with E-state index in [1.54, 1.807) is 0 Å². The fraction of sp³-hybridized carbons (Fsp3) is 0.692. The summed E-state index contributed by atoms with van der Waals surface area (Å²) in [7, 11) is 0. The molecular formula is C26H41NO4. The maximum absolute atomic E-state index is 13.0. The van der Waals surface area contributed by atoms with Crippen LogP contribution in [0.2, 0.25) is 0 Å². The minimum atomic E-state index is -0.282. The van der Waals surface area contributed by atoms with Crippen LogP contribution in [-0.4, -0.2) is 42.8 Å². The average molecular weight is 432 g/mol. The van der Waals surface area contributed by atoms with E-state index in [0.717, 1.165) is 18.4 Å². The zero-order valence-corrected chi connectivity index (χ0v) is 19.8. The number of esters is 1. The Bertz CT molecular complexity index is 655. The average Bonchev–Trinajstić information content (AvgIpc) is 2.76. The van der Waals surface area contributed by atoms with Crippen LogP contribution in [0.5, 0.6) is 0 Å². The second-order valence-corrected chi connectivity index (χ2v) is 9.36. The number of rotatable bonds is 11. The van der Waals surface area contributed by atoms with E-state index < -0.39 is 0 Å². The Morgan fingerprint density at radius 2 is 1.71 bits per heavy atom. The largest absolute Gasteiger partial charge is 0.465 e. The summed E-state index contributed by atoms with van der Waals surface area (Å²) in [5.74, 6) is 0.335. The molecule has 0 spiro atoms. The van der Waals surface area contributed by atoms with Crippen molar-refractivity contribution in [3.63, 3.8) is 0 Å². The molecule has 31 heavy (non-hydrogen) atoms. The van der Waals surface area contributed by atoms with E-state index in [4.69, 9.17) is 9.47 Å². The van der Waals surface area contributed by atoms with E-state index in [9.17, 15) is 9.59 Å². The van der Waals surface area contributed by atoms with Crippen molar-refractivity contribution in [1.29, 1.82) is 0 Å². The maximum Gasteiger partial charge on any atom is 0.410 e. The van der Waals surface area contributed by atoms with Crippen LogP contribution in [0.3, 0.4) is 0 Å². The van der Waals surface area contributed by atoms with E-state index >= 15 is 0 Å². The zero-order chi connectivity index (χ0) is 22.6. The molecule has 1 aromatic carbocycles. The Balaban J connectivity index is 2.19. The standard InChI is InChI=1S/C26H41NO4/c1-5-30-26(29)27(18-23-14-10-7-11-15-23)24(17-22-12-8-6-9-13-22)16-21(4)25(28)31-19-20(2)3/h6,8-9,12-13,20-21,23-24H,5,7,10-11,14-19H2,1-4H3. The number of hydrogen-bond donors (Lipinski definition) is 0. The predicted octanol–water partition coefficient (Wildman–Crippen LogP) is 5.86. The second-order valence-electron chi connectivity index (χ2n) is 9.36. The summed E-state index contributed by atoms with van der Waals surface area (Å²) in [5.41, 5.74) is 1.16. The lowest BCUT2D eigenvalue weighted by atomic mass is 9.87. The van der Waals surface area contributed by atoms with Gasteiger partial charge in [0.05, 0.1) is 19.1 Å². The zero-order valence-electron chi connectivity index (χ0n) is 19.8. The molecule has 174 valence electrons. The van der Waals surface area contributed by atoms with E-state index in [1.165, 1.54) is 19.3 Å². The molecule has 1 saturated carbocycles. The van der Waals surface area contributed by atoms with Crippen LogP contribution in [-0.2, 0) is 20.7 Å². The molecule has 0 aromatic heterocycles. The van der Waals surface area contributed by atoms with Crippen molar-refractivity contribution in [3.05, 3.63) is 35.9 Å². The minimum Gasteiger partial charge on any atom is -0.465 e. The first-order valence-electron chi connectivity index (χ1n) is 12.0. The van der Waals surface area contributed by atoms with Gasteiger partial charge in [0, 0.05) is 12.6 Å². The van der Waals surface area contributed by atoms with Crippen molar-refractivity contribution < 1.29 is 19.1 Å². The third kappa shape index (κ3) is 8.92. The second kappa shape index (κ2) is 13.4. The van der Waals surface area contributed by atoms with Gasteiger partial charge in [0.25, 0.3) is 0 Å². The van der Waals surface area contributed by atoms with Gasteiger partial charge in [-0.2, -0.15) is 0 Å².